The van der Waals surface area contributed by atoms with E-state index in [1.54, 1.807) is 13.2 Å². The fourth-order valence-electron chi connectivity index (χ4n) is 3.92. The van der Waals surface area contributed by atoms with Gasteiger partial charge in [0.1, 0.15) is 18.1 Å². The number of carbonyl (C=O) groups is 1. The second-order valence-corrected chi connectivity index (χ2v) is 8.19. The van der Waals surface area contributed by atoms with Gasteiger partial charge < -0.3 is 14.8 Å². The molecular formula is C29H29NO3. The number of ether oxygens (including phenoxy) is 2. The van der Waals surface area contributed by atoms with E-state index >= 15 is 0 Å². The minimum absolute atomic E-state index is 0.0650. The lowest BCUT2D eigenvalue weighted by Gasteiger charge is -2.16. The van der Waals surface area contributed by atoms with E-state index in [1.807, 2.05) is 67.6 Å². The van der Waals surface area contributed by atoms with Crippen LogP contribution in [0.25, 0.3) is 10.8 Å². The van der Waals surface area contributed by atoms with E-state index < -0.39 is 0 Å². The number of nitrogens with one attached hydrogen (secondary N) is 1. The van der Waals surface area contributed by atoms with Crippen LogP contribution in [0.3, 0.4) is 0 Å². The Labute approximate surface area is 195 Å². The maximum Gasteiger partial charge on any atom is 0.251 e. The van der Waals surface area contributed by atoms with E-state index in [4.69, 9.17) is 9.47 Å². The van der Waals surface area contributed by atoms with Crippen LogP contribution in [0.4, 0.5) is 0 Å². The van der Waals surface area contributed by atoms with E-state index in [-0.39, 0.29) is 11.9 Å². The maximum absolute atomic E-state index is 12.9. The van der Waals surface area contributed by atoms with Gasteiger partial charge in [0, 0.05) is 22.6 Å². The number of amides is 1. The van der Waals surface area contributed by atoms with E-state index in [0.717, 1.165) is 34.9 Å². The zero-order chi connectivity index (χ0) is 23.0. The molecule has 4 nitrogen and oxygen atoms in total. The van der Waals surface area contributed by atoms with Gasteiger partial charge in [-0.1, -0.05) is 66.7 Å². The second-order valence-electron chi connectivity index (χ2n) is 8.19. The number of rotatable bonds is 9. The summed E-state index contributed by atoms with van der Waals surface area (Å²) in [5, 5.41) is 5.29. The van der Waals surface area contributed by atoms with Crippen molar-refractivity contribution in [2.45, 2.75) is 32.4 Å². The number of hydrogen-bond acceptors (Lipinski definition) is 3. The zero-order valence-electron chi connectivity index (χ0n) is 19.1. The van der Waals surface area contributed by atoms with Crippen molar-refractivity contribution in [2.75, 3.05) is 7.11 Å². The Morgan fingerprint density at radius 2 is 1.64 bits per heavy atom. The van der Waals surface area contributed by atoms with Crippen molar-refractivity contribution in [1.82, 2.24) is 5.32 Å². The Kier molecular flexibility index (Phi) is 7.26. The van der Waals surface area contributed by atoms with Gasteiger partial charge in [0.2, 0.25) is 0 Å². The summed E-state index contributed by atoms with van der Waals surface area (Å²) in [5.74, 6) is 1.41. The molecule has 0 spiro atoms. The van der Waals surface area contributed by atoms with Crippen molar-refractivity contribution in [3.63, 3.8) is 0 Å². The van der Waals surface area contributed by atoms with Gasteiger partial charge in [0.15, 0.2) is 0 Å². The molecule has 1 unspecified atom stereocenters. The minimum atomic E-state index is -0.0929. The van der Waals surface area contributed by atoms with Gasteiger partial charge in [-0.25, -0.2) is 0 Å². The summed E-state index contributed by atoms with van der Waals surface area (Å²) in [7, 11) is 1.63. The van der Waals surface area contributed by atoms with Crippen molar-refractivity contribution in [3.8, 4) is 11.5 Å². The largest absolute Gasteiger partial charge is 0.496 e. The van der Waals surface area contributed by atoms with Gasteiger partial charge in [0.05, 0.1) is 7.11 Å². The molecule has 0 bridgehead atoms. The third kappa shape index (κ3) is 5.72. The van der Waals surface area contributed by atoms with Gasteiger partial charge in [-0.05, 0) is 55.0 Å². The van der Waals surface area contributed by atoms with Crippen LogP contribution < -0.4 is 14.8 Å². The van der Waals surface area contributed by atoms with E-state index in [0.29, 0.717) is 17.9 Å². The summed E-state index contributed by atoms with van der Waals surface area (Å²) in [6, 6.07) is 30.0. The van der Waals surface area contributed by atoms with Crippen LogP contribution in [0.2, 0.25) is 0 Å². The van der Waals surface area contributed by atoms with Gasteiger partial charge in [-0.2, -0.15) is 0 Å². The highest BCUT2D eigenvalue weighted by atomic mass is 16.5. The lowest BCUT2D eigenvalue weighted by molar-refractivity contribution is 0.0938. The number of aryl methyl sites for hydroxylation is 1. The lowest BCUT2D eigenvalue weighted by atomic mass is 10.1. The summed E-state index contributed by atoms with van der Waals surface area (Å²) < 4.78 is 11.7. The van der Waals surface area contributed by atoms with Crippen molar-refractivity contribution in [1.29, 1.82) is 0 Å². The molecule has 0 heterocycles. The maximum atomic E-state index is 12.9. The molecule has 1 amide bonds. The molecule has 4 heteroatoms. The second kappa shape index (κ2) is 10.7. The normalized spacial score (nSPS) is 11.7. The molecule has 168 valence electrons. The quantitative estimate of drug-likeness (QED) is 0.339. The van der Waals surface area contributed by atoms with E-state index in [9.17, 15) is 4.79 Å². The number of carbonyl (C=O) groups excluding carboxylic acids is 1. The number of benzene rings is 4. The molecule has 0 aromatic heterocycles. The minimum Gasteiger partial charge on any atom is -0.496 e. The molecular weight excluding hydrogens is 410 g/mol. The summed E-state index contributed by atoms with van der Waals surface area (Å²) in [6.07, 6.45) is 1.80. The summed E-state index contributed by atoms with van der Waals surface area (Å²) in [4.78, 5) is 12.9. The van der Waals surface area contributed by atoms with Crippen LogP contribution in [-0.2, 0) is 13.0 Å². The van der Waals surface area contributed by atoms with Gasteiger partial charge >= 0.3 is 0 Å². The van der Waals surface area contributed by atoms with E-state index in [2.05, 4.69) is 29.6 Å². The molecule has 33 heavy (non-hydrogen) atoms. The highest BCUT2D eigenvalue weighted by Gasteiger charge is 2.14. The first kappa shape index (κ1) is 22.4. The number of hydrogen-bond donors (Lipinski definition) is 1. The van der Waals surface area contributed by atoms with Gasteiger partial charge in [-0.3, -0.25) is 4.79 Å². The highest BCUT2D eigenvalue weighted by Crippen LogP contribution is 2.28. The Hall–Kier alpha value is -3.79. The van der Waals surface area contributed by atoms with Crippen LogP contribution in [0.1, 0.15) is 34.8 Å². The molecule has 4 rings (SSSR count). The molecule has 1 atom stereocenters. The smallest absolute Gasteiger partial charge is 0.251 e. The Balaban J connectivity index is 1.43. The first-order chi connectivity index (χ1) is 16.1. The SMILES string of the molecule is COc1ccc(C(=O)NC(C)CCc2ccccc2)cc1COc1cccc2ccccc12. The van der Waals surface area contributed by atoms with Crippen LogP contribution in [0.15, 0.2) is 91.0 Å². The molecule has 0 aliphatic heterocycles. The zero-order valence-corrected chi connectivity index (χ0v) is 19.1. The lowest BCUT2D eigenvalue weighted by Crippen LogP contribution is -2.33. The van der Waals surface area contributed by atoms with Crippen molar-refractivity contribution >= 4 is 16.7 Å². The van der Waals surface area contributed by atoms with E-state index in [1.165, 1.54) is 5.56 Å². The van der Waals surface area contributed by atoms with Crippen molar-refractivity contribution < 1.29 is 14.3 Å². The highest BCUT2D eigenvalue weighted by molar-refractivity contribution is 5.94. The van der Waals surface area contributed by atoms with Gasteiger partial charge in [0.25, 0.3) is 5.91 Å². The molecule has 4 aromatic rings. The molecule has 0 aliphatic rings. The average Bonchev–Trinajstić information content (AvgIpc) is 2.86. The summed E-state index contributed by atoms with van der Waals surface area (Å²) in [6.45, 7) is 2.34. The molecule has 0 saturated carbocycles. The molecule has 1 N–H and O–H groups in total. The third-order valence-corrected chi connectivity index (χ3v) is 5.76. The first-order valence-electron chi connectivity index (χ1n) is 11.3. The molecule has 0 fully saturated rings. The fraction of sp³-hybridized carbons (Fsp3) is 0.207. The predicted molar refractivity (Wildman–Crippen MR) is 133 cm³/mol. The third-order valence-electron chi connectivity index (χ3n) is 5.76. The Bertz CT molecular complexity index is 1210. The van der Waals surface area contributed by atoms with Crippen LogP contribution in [0, 0.1) is 0 Å². The van der Waals surface area contributed by atoms with Crippen molar-refractivity contribution in [2.24, 2.45) is 0 Å². The molecule has 0 aliphatic carbocycles. The van der Waals surface area contributed by atoms with Crippen LogP contribution in [0.5, 0.6) is 11.5 Å². The Morgan fingerprint density at radius 3 is 2.45 bits per heavy atom. The Morgan fingerprint density at radius 1 is 0.879 bits per heavy atom. The molecule has 0 saturated heterocycles. The number of fused-ring (bicyclic) bond motifs is 1. The van der Waals surface area contributed by atoms with Gasteiger partial charge in [-0.15, -0.1) is 0 Å². The number of methoxy groups -OCH3 is 1. The summed E-state index contributed by atoms with van der Waals surface area (Å²) >= 11 is 0. The molecule has 4 aromatic carbocycles. The van der Waals surface area contributed by atoms with Crippen LogP contribution >= 0.6 is 0 Å². The monoisotopic (exact) mass is 439 g/mol. The predicted octanol–water partition coefficient (Wildman–Crippen LogP) is 6.18. The topological polar surface area (TPSA) is 47.6 Å². The fourth-order valence-corrected chi connectivity index (χ4v) is 3.92. The van der Waals surface area contributed by atoms with Crippen molar-refractivity contribution in [3.05, 3.63) is 108 Å². The molecule has 0 radical (unpaired) electrons. The summed E-state index contributed by atoms with van der Waals surface area (Å²) in [5.41, 5.74) is 2.70. The van der Waals surface area contributed by atoms with Crippen LogP contribution in [-0.4, -0.2) is 19.1 Å². The standard InChI is InChI=1S/C29H29NO3/c1-21(15-16-22-9-4-3-5-10-22)30-29(31)24-17-18-27(32-2)25(19-24)20-33-28-14-8-12-23-11-6-7-13-26(23)28/h3-14,17-19,21H,15-16,20H2,1-2H3,(H,30,31). The first-order valence-corrected chi connectivity index (χ1v) is 11.3. The average molecular weight is 440 g/mol.